The van der Waals surface area contributed by atoms with Gasteiger partial charge in [-0.25, -0.2) is 13.4 Å². The normalized spacial score (nSPS) is 11.0. The molecule has 0 fully saturated rings. The van der Waals surface area contributed by atoms with Gasteiger partial charge in [0.15, 0.2) is 5.69 Å². The number of sulfonamides is 1. The summed E-state index contributed by atoms with van der Waals surface area (Å²) in [5, 5.41) is 8.97. The van der Waals surface area contributed by atoms with Crippen LogP contribution in [0, 0.1) is 18.3 Å². The topological polar surface area (TPSA) is 82.8 Å². The zero-order valence-electron chi connectivity index (χ0n) is 10.8. The molecule has 0 saturated heterocycles. The standard InChI is InChI=1S/C13H9Br2N3O2S/c1-8-5-9(14)13(10(15)6-8)18-21(19,20)12-3-2-4-17-11(12)7-16/h2-6,18H,1H3. The Labute approximate surface area is 139 Å². The lowest BCUT2D eigenvalue weighted by atomic mass is 10.2. The molecule has 0 bridgehead atoms. The average molecular weight is 431 g/mol. The summed E-state index contributed by atoms with van der Waals surface area (Å²) in [5.41, 5.74) is 1.19. The monoisotopic (exact) mass is 429 g/mol. The molecule has 0 unspecified atom stereocenters. The second-order valence-corrected chi connectivity index (χ2v) is 7.53. The van der Waals surface area contributed by atoms with Crippen LogP contribution in [0.15, 0.2) is 44.3 Å². The predicted molar refractivity (Wildman–Crippen MR) is 86.3 cm³/mol. The number of benzene rings is 1. The molecule has 1 aromatic heterocycles. The van der Waals surface area contributed by atoms with Gasteiger partial charge in [-0.15, -0.1) is 0 Å². The van der Waals surface area contributed by atoms with Gasteiger partial charge in [-0.2, -0.15) is 5.26 Å². The van der Waals surface area contributed by atoms with Gasteiger partial charge >= 0.3 is 0 Å². The van der Waals surface area contributed by atoms with Crippen molar-refractivity contribution in [2.24, 2.45) is 0 Å². The highest BCUT2D eigenvalue weighted by atomic mass is 79.9. The maximum absolute atomic E-state index is 12.4. The van der Waals surface area contributed by atoms with Crippen LogP contribution in [0.25, 0.3) is 0 Å². The lowest BCUT2D eigenvalue weighted by Gasteiger charge is -2.13. The van der Waals surface area contributed by atoms with Crippen molar-refractivity contribution in [2.45, 2.75) is 11.8 Å². The fourth-order valence-corrected chi connectivity index (χ4v) is 4.76. The molecule has 0 amide bonds. The Bertz CT molecular complexity index is 822. The number of rotatable bonds is 3. The van der Waals surface area contributed by atoms with Gasteiger partial charge in [-0.3, -0.25) is 4.72 Å². The fourth-order valence-electron chi connectivity index (χ4n) is 1.68. The molecular formula is C13H9Br2N3O2S. The Hall–Kier alpha value is -1.43. The number of anilines is 1. The van der Waals surface area contributed by atoms with Crippen LogP contribution in [0.4, 0.5) is 5.69 Å². The minimum Gasteiger partial charge on any atom is -0.277 e. The molecule has 1 N–H and O–H groups in total. The first kappa shape index (κ1) is 15.9. The Morgan fingerprint density at radius 2 is 1.90 bits per heavy atom. The molecule has 8 heteroatoms. The summed E-state index contributed by atoms with van der Waals surface area (Å²) in [6.07, 6.45) is 1.37. The highest BCUT2D eigenvalue weighted by Crippen LogP contribution is 2.34. The van der Waals surface area contributed by atoms with Gasteiger partial charge in [0.1, 0.15) is 11.0 Å². The van der Waals surface area contributed by atoms with Crippen LogP contribution >= 0.6 is 31.9 Å². The van der Waals surface area contributed by atoms with Gasteiger partial charge in [-0.1, -0.05) is 0 Å². The van der Waals surface area contributed by atoms with E-state index in [0.717, 1.165) is 5.56 Å². The van der Waals surface area contributed by atoms with E-state index in [2.05, 4.69) is 41.6 Å². The number of nitrogens with zero attached hydrogens (tertiary/aromatic N) is 2. The SMILES string of the molecule is Cc1cc(Br)c(NS(=O)(=O)c2cccnc2C#N)c(Br)c1. The summed E-state index contributed by atoms with van der Waals surface area (Å²) in [6.45, 7) is 1.89. The maximum atomic E-state index is 12.4. The summed E-state index contributed by atoms with van der Waals surface area (Å²) in [6, 6.07) is 8.15. The molecule has 2 aromatic rings. The van der Waals surface area contributed by atoms with Gasteiger partial charge in [0.2, 0.25) is 0 Å². The van der Waals surface area contributed by atoms with Gasteiger partial charge < -0.3 is 0 Å². The molecule has 0 atom stereocenters. The van der Waals surface area contributed by atoms with E-state index in [0.29, 0.717) is 14.6 Å². The van der Waals surface area contributed by atoms with Gasteiger partial charge in [-0.05, 0) is 68.6 Å². The quantitative estimate of drug-likeness (QED) is 0.806. The van der Waals surface area contributed by atoms with E-state index in [1.807, 2.05) is 6.92 Å². The summed E-state index contributed by atoms with van der Waals surface area (Å²) in [5.74, 6) is 0. The van der Waals surface area contributed by atoms with Gasteiger partial charge in [0.05, 0.1) is 5.69 Å². The van der Waals surface area contributed by atoms with E-state index in [-0.39, 0.29) is 10.6 Å². The zero-order chi connectivity index (χ0) is 15.6. The molecule has 0 saturated carbocycles. The second-order valence-electron chi connectivity index (χ2n) is 4.17. The molecule has 0 aliphatic rings. The largest absolute Gasteiger partial charge is 0.277 e. The third kappa shape index (κ3) is 3.43. The number of nitriles is 1. The predicted octanol–water partition coefficient (Wildman–Crippen LogP) is 3.59. The lowest BCUT2D eigenvalue weighted by Crippen LogP contribution is -2.15. The molecule has 0 aliphatic carbocycles. The molecule has 0 aliphatic heterocycles. The fraction of sp³-hybridized carbons (Fsp3) is 0.0769. The van der Waals surface area contributed by atoms with Crippen LogP contribution in [0.3, 0.4) is 0 Å². The Balaban J connectivity index is 2.51. The third-order valence-corrected chi connectivity index (χ3v) is 5.22. The number of pyridine rings is 1. The van der Waals surface area contributed by atoms with Crippen LogP contribution in [-0.2, 0) is 10.0 Å². The van der Waals surface area contributed by atoms with E-state index in [1.165, 1.54) is 18.3 Å². The number of aryl methyl sites for hydroxylation is 1. The maximum Gasteiger partial charge on any atom is 0.264 e. The highest BCUT2D eigenvalue weighted by molar-refractivity contribution is 9.11. The lowest BCUT2D eigenvalue weighted by molar-refractivity contribution is 0.600. The van der Waals surface area contributed by atoms with Crippen molar-refractivity contribution in [3.05, 3.63) is 50.7 Å². The molecule has 2 rings (SSSR count). The Morgan fingerprint density at radius 1 is 1.29 bits per heavy atom. The van der Waals surface area contributed by atoms with Crippen LogP contribution in [0.1, 0.15) is 11.3 Å². The third-order valence-electron chi connectivity index (χ3n) is 2.59. The summed E-state index contributed by atoms with van der Waals surface area (Å²) in [7, 11) is -3.91. The molecule has 5 nitrogen and oxygen atoms in total. The molecule has 21 heavy (non-hydrogen) atoms. The summed E-state index contributed by atoms with van der Waals surface area (Å²) < 4.78 is 28.5. The van der Waals surface area contributed by atoms with Crippen LogP contribution in [-0.4, -0.2) is 13.4 Å². The van der Waals surface area contributed by atoms with Gasteiger partial charge in [0, 0.05) is 15.1 Å². The number of hydrogen-bond acceptors (Lipinski definition) is 4. The molecule has 1 aromatic carbocycles. The molecular weight excluding hydrogens is 422 g/mol. The zero-order valence-corrected chi connectivity index (χ0v) is 14.8. The van der Waals surface area contributed by atoms with Gasteiger partial charge in [0.25, 0.3) is 10.0 Å². The van der Waals surface area contributed by atoms with Crippen molar-refractivity contribution < 1.29 is 8.42 Å². The second kappa shape index (κ2) is 6.13. The van der Waals surface area contributed by atoms with E-state index in [1.54, 1.807) is 18.2 Å². The van der Waals surface area contributed by atoms with Crippen molar-refractivity contribution in [2.75, 3.05) is 4.72 Å². The first-order valence-electron chi connectivity index (χ1n) is 5.69. The summed E-state index contributed by atoms with van der Waals surface area (Å²) in [4.78, 5) is 3.60. The van der Waals surface area contributed by atoms with Crippen LogP contribution in [0.2, 0.25) is 0 Å². The van der Waals surface area contributed by atoms with Crippen molar-refractivity contribution >= 4 is 47.6 Å². The Kier molecular flexibility index (Phi) is 4.66. The smallest absolute Gasteiger partial charge is 0.264 e. The molecule has 1 heterocycles. The van der Waals surface area contributed by atoms with Crippen LogP contribution in [0.5, 0.6) is 0 Å². The minimum atomic E-state index is -3.91. The summed E-state index contributed by atoms with van der Waals surface area (Å²) >= 11 is 6.64. The number of hydrogen-bond donors (Lipinski definition) is 1. The van der Waals surface area contributed by atoms with Crippen molar-refractivity contribution in [3.8, 4) is 6.07 Å². The first-order chi connectivity index (χ1) is 9.85. The number of aromatic nitrogens is 1. The van der Waals surface area contributed by atoms with E-state index < -0.39 is 10.0 Å². The van der Waals surface area contributed by atoms with E-state index in [4.69, 9.17) is 5.26 Å². The Morgan fingerprint density at radius 3 is 2.48 bits per heavy atom. The highest BCUT2D eigenvalue weighted by Gasteiger charge is 2.21. The molecule has 0 radical (unpaired) electrons. The number of nitrogens with one attached hydrogen (secondary N) is 1. The van der Waals surface area contributed by atoms with Crippen molar-refractivity contribution in [1.82, 2.24) is 4.98 Å². The minimum absolute atomic E-state index is 0.149. The molecule has 108 valence electrons. The average Bonchev–Trinajstić information content (AvgIpc) is 2.43. The van der Waals surface area contributed by atoms with Crippen molar-refractivity contribution in [1.29, 1.82) is 5.26 Å². The first-order valence-corrected chi connectivity index (χ1v) is 8.75. The number of halogens is 2. The van der Waals surface area contributed by atoms with Crippen LogP contribution < -0.4 is 4.72 Å². The van der Waals surface area contributed by atoms with E-state index in [9.17, 15) is 8.42 Å². The van der Waals surface area contributed by atoms with Crippen molar-refractivity contribution in [3.63, 3.8) is 0 Å². The molecule has 0 spiro atoms. The van der Waals surface area contributed by atoms with E-state index >= 15 is 0 Å².